The van der Waals surface area contributed by atoms with Gasteiger partial charge in [-0.25, -0.2) is 9.78 Å². The molecule has 1 amide bonds. The molecular formula is C24H28N2O3S. The number of esters is 1. The third-order valence-electron chi connectivity index (χ3n) is 7.95. The minimum Gasteiger partial charge on any atom is -0.457 e. The molecule has 2 aromatic rings. The minimum absolute atomic E-state index is 0.189. The molecule has 0 spiro atoms. The molecule has 4 saturated carbocycles. The van der Waals surface area contributed by atoms with Gasteiger partial charge in [0.2, 0.25) is 5.91 Å². The number of aromatic nitrogens is 1. The number of fused-ring (bicyclic) bond motifs is 1. The SMILES string of the molecule is O=C(OCc1nc2ccccc2s1)[C@H]1CCCN1C(=O)C12CC3CC(CC(C3)C1)C2. The molecule has 2 heterocycles. The van der Waals surface area contributed by atoms with Gasteiger partial charge in [-0.15, -0.1) is 11.3 Å². The second kappa shape index (κ2) is 7.04. The highest BCUT2D eigenvalue weighted by atomic mass is 32.1. The summed E-state index contributed by atoms with van der Waals surface area (Å²) in [5, 5.41) is 0.807. The number of amides is 1. The molecule has 30 heavy (non-hydrogen) atoms. The first kappa shape index (κ1) is 18.8. The van der Waals surface area contributed by atoms with Crippen molar-refractivity contribution in [1.29, 1.82) is 0 Å². The van der Waals surface area contributed by atoms with Crippen molar-refractivity contribution in [2.75, 3.05) is 6.54 Å². The van der Waals surface area contributed by atoms with Gasteiger partial charge in [0, 0.05) is 6.54 Å². The van der Waals surface area contributed by atoms with Crippen molar-refractivity contribution >= 4 is 33.4 Å². The molecule has 158 valence electrons. The molecule has 4 aliphatic carbocycles. The first-order valence-electron chi connectivity index (χ1n) is 11.4. The van der Waals surface area contributed by atoms with Crippen LogP contribution in [0.15, 0.2) is 24.3 Å². The van der Waals surface area contributed by atoms with Crippen molar-refractivity contribution in [1.82, 2.24) is 9.88 Å². The average molecular weight is 425 g/mol. The van der Waals surface area contributed by atoms with Crippen LogP contribution in [0.5, 0.6) is 0 Å². The number of nitrogens with zero attached hydrogens (tertiary/aromatic N) is 2. The van der Waals surface area contributed by atoms with Crippen LogP contribution < -0.4 is 0 Å². The van der Waals surface area contributed by atoms with Crippen LogP contribution in [-0.4, -0.2) is 34.3 Å². The quantitative estimate of drug-likeness (QED) is 0.676. The van der Waals surface area contributed by atoms with Gasteiger partial charge in [-0.3, -0.25) is 4.79 Å². The molecule has 5 aliphatic rings. The topological polar surface area (TPSA) is 59.5 Å². The highest BCUT2D eigenvalue weighted by molar-refractivity contribution is 7.18. The van der Waals surface area contributed by atoms with Crippen LogP contribution in [-0.2, 0) is 20.9 Å². The summed E-state index contributed by atoms with van der Waals surface area (Å²) in [7, 11) is 0. The largest absolute Gasteiger partial charge is 0.457 e. The number of ether oxygens (including phenoxy) is 1. The fourth-order valence-corrected chi connectivity index (χ4v) is 8.02. The van der Waals surface area contributed by atoms with Crippen LogP contribution in [0.4, 0.5) is 0 Å². The van der Waals surface area contributed by atoms with E-state index in [9.17, 15) is 9.59 Å². The van der Waals surface area contributed by atoms with E-state index in [1.165, 1.54) is 19.3 Å². The van der Waals surface area contributed by atoms with Crippen molar-refractivity contribution in [2.45, 2.75) is 64.0 Å². The Balaban J connectivity index is 1.15. The maximum absolute atomic E-state index is 13.7. The molecule has 1 aromatic carbocycles. The zero-order valence-corrected chi connectivity index (χ0v) is 18.0. The predicted molar refractivity (Wildman–Crippen MR) is 115 cm³/mol. The number of rotatable bonds is 4. The Hall–Kier alpha value is -1.95. The van der Waals surface area contributed by atoms with Crippen LogP contribution in [0, 0.1) is 23.2 Å². The fraction of sp³-hybridized carbons (Fsp3) is 0.625. The maximum Gasteiger partial charge on any atom is 0.329 e. The van der Waals surface area contributed by atoms with Gasteiger partial charge in [0.05, 0.1) is 15.6 Å². The van der Waals surface area contributed by atoms with E-state index in [1.54, 1.807) is 11.3 Å². The summed E-state index contributed by atoms with van der Waals surface area (Å²) < 4.78 is 6.76. The number of thiazole rings is 1. The molecule has 4 bridgehead atoms. The van der Waals surface area contributed by atoms with E-state index in [-0.39, 0.29) is 23.9 Å². The molecule has 7 rings (SSSR count). The second-order valence-electron chi connectivity index (χ2n) is 10.0. The standard InChI is InChI=1S/C24H28N2O3S/c27-22(29-14-21-25-18-4-1-2-6-20(18)30-21)19-5-3-7-26(19)23(28)24-11-15-8-16(12-24)10-17(9-15)13-24/h1-2,4,6,15-17,19H,3,5,7-14H2/t15?,16?,17?,19-,24?/m1/s1. The zero-order valence-electron chi connectivity index (χ0n) is 17.2. The normalized spacial score (nSPS) is 34.6. The number of hydrogen-bond donors (Lipinski definition) is 0. The van der Waals surface area contributed by atoms with E-state index in [0.717, 1.165) is 65.1 Å². The first-order chi connectivity index (χ1) is 14.6. The van der Waals surface area contributed by atoms with Crippen LogP contribution in [0.2, 0.25) is 0 Å². The predicted octanol–water partition coefficient (Wildman–Crippen LogP) is 4.55. The maximum atomic E-state index is 13.7. The van der Waals surface area contributed by atoms with E-state index < -0.39 is 6.04 Å². The molecule has 5 fully saturated rings. The van der Waals surface area contributed by atoms with Crippen LogP contribution >= 0.6 is 11.3 Å². The van der Waals surface area contributed by atoms with E-state index in [1.807, 2.05) is 29.2 Å². The third kappa shape index (κ3) is 3.06. The van der Waals surface area contributed by atoms with Gasteiger partial charge in [0.1, 0.15) is 17.7 Å². The molecule has 1 aromatic heterocycles. The lowest BCUT2D eigenvalue weighted by molar-refractivity contribution is -0.166. The Labute approximate surface area is 180 Å². The molecule has 1 aliphatic heterocycles. The number of carbonyl (C=O) groups excluding carboxylic acids is 2. The van der Waals surface area contributed by atoms with Gasteiger partial charge in [-0.2, -0.15) is 0 Å². The Kier molecular flexibility index (Phi) is 4.41. The molecule has 1 atom stereocenters. The van der Waals surface area contributed by atoms with Crippen LogP contribution in [0.25, 0.3) is 10.2 Å². The monoisotopic (exact) mass is 424 g/mol. The minimum atomic E-state index is -0.417. The molecule has 5 nitrogen and oxygen atoms in total. The van der Waals surface area contributed by atoms with Gasteiger partial charge in [-0.05, 0) is 81.3 Å². The average Bonchev–Trinajstić information content (AvgIpc) is 3.37. The molecular weight excluding hydrogens is 396 g/mol. The lowest BCUT2D eigenvalue weighted by Gasteiger charge is -2.56. The molecule has 0 radical (unpaired) electrons. The smallest absolute Gasteiger partial charge is 0.329 e. The number of likely N-dealkylation sites (tertiary alicyclic amines) is 1. The summed E-state index contributed by atoms with van der Waals surface area (Å²) in [4.78, 5) is 33.1. The third-order valence-corrected chi connectivity index (χ3v) is 8.96. The molecule has 0 unspecified atom stereocenters. The summed E-state index contributed by atoms with van der Waals surface area (Å²) in [6.45, 7) is 0.884. The number of benzene rings is 1. The summed E-state index contributed by atoms with van der Waals surface area (Å²) in [6, 6.07) is 7.54. The molecule has 1 saturated heterocycles. The van der Waals surface area contributed by atoms with Crippen molar-refractivity contribution < 1.29 is 14.3 Å². The summed E-state index contributed by atoms with van der Waals surface area (Å²) >= 11 is 1.56. The van der Waals surface area contributed by atoms with E-state index >= 15 is 0 Å². The highest BCUT2D eigenvalue weighted by Crippen LogP contribution is 2.60. The van der Waals surface area contributed by atoms with Gasteiger partial charge < -0.3 is 9.64 Å². The van der Waals surface area contributed by atoms with E-state index in [4.69, 9.17) is 4.74 Å². The Morgan fingerprint density at radius 1 is 1.10 bits per heavy atom. The van der Waals surface area contributed by atoms with Crippen LogP contribution in [0.3, 0.4) is 0 Å². The summed E-state index contributed by atoms with van der Waals surface area (Å²) in [6.07, 6.45) is 8.70. The number of carbonyl (C=O) groups is 2. The van der Waals surface area contributed by atoms with Gasteiger partial charge in [-0.1, -0.05) is 12.1 Å². The van der Waals surface area contributed by atoms with E-state index in [0.29, 0.717) is 6.54 Å². The number of para-hydroxylation sites is 1. The summed E-state index contributed by atoms with van der Waals surface area (Å²) in [5.41, 5.74) is 0.748. The Morgan fingerprint density at radius 2 is 1.80 bits per heavy atom. The fourth-order valence-electron chi connectivity index (χ4n) is 7.14. The highest BCUT2D eigenvalue weighted by Gasteiger charge is 2.56. The number of hydrogen-bond acceptors (Lipinski definition) is 5. The summed E-state index contributed by atoms with van der Waals surface area (Å²) in [5.74, 6) is 2.18. The lowest BCUT2D eigenvalue weighted by atomic mass is 9.49. The Bertz CT molecular complexity index is 931. The van der Waals surface area contributed by atoms with Gasteiger partial charge in [0.25, 0.3) is 0 Å². The van der Waals surface area contributed by atoms with Crippen molar-refractivity contribution in [3.05, 3.63) is 29.3 Å². The van der Waals surface area contributed by atoms with Gasteiger partial charge >= 0.3 is 5.97 Å². The second-order valence-corrected chi connectivity index (χ2v) is 11.2. The lowest BCUT2D eigenvalue weighted by Crippen LogP contribution is -2.56. The Morgan fingerprint density at radius 3 is 2.50 bits per heavy atom. The first-order valence-corrected chi connectivity index (χ1v) is 12.2. The van der Waals surface area contributed by atoms with Gasteiger partial charge in [0.15, 0.2) is 0 Å². The van der Waals surface area contributed by atoms with E-state index in [2.05, 4.69) is 4.98 Å². The van der Waals surface area contributed by atoms with Crippen molar-refractivity contribution in [3.8, 4) is 0 Å². The molecule has 0 N–H and O–H groups in total. The zero-order chi connectivity index (χ0) is 20.3. The van der Waals surface area contributed by atoms with Crippen molar-refractivity contribution in [2.24, 2.45) is 23.2 Å². The van der Waals surface area contributed by atoms with Crippen molar-refractivity contribution in [3.63, 3.8) is 0 Å². The molecule has 6 heteroatoms. The van der Waals surface area contributed by atoms with Crippen LogP contribution in [0.1, 0.15) is 56.4 Å².